The second-order valence-corrected chi connectivity index (χ2v) is 8.37. The Hall–Kier alpha value is -2.85. The van der Waals surface area contributed by atoms with Gasteiger partial charge in [-0.25, -0.2) is 9.18 Å². The van der Waals surface area contributed by atoms with Crippen molar-refractivity contribution in [3.63, 3.8) is 0 Å². The van der Waals surface area contributed by atoms with Crippen molar-refractivity contribution in [2.75, 3.05) is 20.3 Å². The van der Waals surface area contributed by atoms with Crippen LogP contribution in [-0.4, -0.2) is 42.3 Å². The fourth-order valence-corrected chi connectivity index (χ4v) is 4.24. The molecule has 0 aliphatic carbocycles. The molecule has 2 aromatic carbocycles. The van der Waals surface area contributed by atoms with Crippen molar-refractivity contribution in [2.24, 2.45) is 0 Å². The zero-order valence-electron chi connectivity index (χ0n) is 17.2. The van der Waals surface area contributed by atoms with E-state index in [1.807, 2.05) is 0 Å². The first kappa shape index (κ1) is 23.8. The predicted octanol–water partition coefficient (Wildman–Crippen LogP) is 4.78. The molecular formula is C22H19BrFNO6S. The van der Waals surface area contributed by atoms with Crippen molar-refractivity contribution in [1.29, 1.82) is 0 Å². The Bertz CT molecular complexity index is 1070. The van der Waals surface area contributed by atoms with Gasteiger partial charge in [0.1, 0.15) is 5.82 Å². The molecule has 1 fully saturated rings. The summed E-state index contributed by atoms with van der Waals surface area (Å²) in [4.78, 5) is 37.9. The van der Waals surface area contributed by atoms with Crippen LogP contribution in [0.5, 0.6) is 11.5 Å². The number of nitrogens with zero attached hydrogens (tertiary/aromatic N) is 1. The highest BCUT2D eigenvalue weighted by molar-refractivity contribution is 9.10. The Morgan fingerprint density at radius 3 is 2.56 bits per heavy atom. The number of thioether (sulfide) groups is 1. The average Bonchev–Trinajstić information content (AvgIpc) is 3.02. The molecule has 2 aromatic rings. The molecule has 0 unspecified atom stereocenters. The highest BCUT2D eigenvalue weighted by Crippen LogP contribution is 2.39. The first-order chi connectivity index (χ1) is 15.3. The van der Waals surface area contributed by atoms with Gasteiger partial charge in [0, 0.05) is 0 Å². The molecule has 168 valence electrons. The summed E-state index contributed by atoms with van der Waals surface area (Å²) in [5, 5.41) is -0.410. The molecule has 1 aliphatic rings. The van der Waals surface area contributed by atoms with Crippen LogP contribution < -0.4 is 9.47 Å². The maximum absolute atomic E-state index is 13.1. The van der Waals surface area contributed by atoms with Crippen LogP contribution in [0.25, 0.3) is 6.08 Å². The smallest absolute Gasteiger partial charge is 0.343 e. The van der Waals surface area contributed by atoms with Crippen molar-refractivity contribution >= 4 is 50.9 Å². The van der Waals surface area contributed by atoms with Crippen LogP contribution in [0.15, 0.2) is 45.8 Å². The van der Waals surface area contributed by atoms with E-state index in [1.54, 1.807) is 25.1 Å². The van der Waals surface area contributed by atoms with Crippen molar-refractivity contribution in [3.05, 3.63) is 62.7 Å². The number of benzene rings is 2. The van der Waals surface area contributed by atoms with E-state index in [0.717, 1.165) is 16.7 Å². The predicted molar refractivity (Wildman–Crippen MR) is 121 cm³/mol. The summed E-state index contributed by atoms with van der Waals surface area (Å²) in [6, 6.07) is 8.95. The third kappa shape index (κ3) is 5.68. The summed E-state index contributed by atoms with van der Waals surface area (Å²) in [6.07, 6.45) is 1.58. The van der Waals surface area contributed by atoms with Gasteiger partial charge >= 0.3 is 5.97 Å². The Morgan fingerprint density at radius 2 is 1.91 bits per heavy atom. The summed E-state index contributed by atoms with van der Waals surface area (Å²) >= 11 is 4.21. The Labute approximate surface area is 196 Å². The van der Waals surface area contributed by atoms with Gasteiger partial charge < -0.3 is 14.2 Å². The van der Waals surface area contributed by atoms with Crippen LogP contribution >= 0.6 is 27.7 Å². The molecule has 0 atom stereocenters. The van der Waals surface area contributed by atoms with Gasteiger partial charge in [-0.15, -0.1) is 0 Å². The standard InChI is InChI=1S/C22H19BrFNO6S/c1-3-30-17-9-14(8-16(23)20(17)31-12-19(26)29-2)10-18-21(27)25(22(28)32-18)11-13-4-6-15(24)7-5-13/h4-10H,3,11-12H2,1-2H3/b18-10-. The van der Waals surface area contributed by atoms with Crippen LogP contribution in [0.3, 0.4) is 0 Å². The lowest BCUT2D eigenvalue weighted by Gasteiger charge is -2.14. The first-order valence-electron chi connectivity index (χ1n) is 9.48. The zero-order chi connectivity index (χ0) is 23.3. The van der Waals surface area contributed by atoms with Gasteiger partial charge in [0.15, 0.2) is 18.1 Å². The minimum absolute atomic E-state index is 0.0521. The number of ether oxygens (including phenoxy) is 3. The summed E-state index contributed by atoms with van der Waals surface area (Å²) < 4.78 is 29.3. The van der Waals surface area contributed by atoms with Crippen LogP contribution in [0.4, 0.5) is 9.18 Å². The Morgan fingerprint density at radius 1 is 1.19 bits per heavy atom. The molecule has 7 nitrogen and oxygen atoms in total. The average molecular weight is 524 g/mol. The SMILES string of the molecule is CCOc1cc(/C=C2\SC(=O)N(Cc3ccc(F)cc3)C2=O)cc(Br)c1OCC(=O)OC. The van der Waals surface area contributed by atoms with Crippen LogP contribution in [0.2, 0.25) is 0 Å². The summed E-state index contributed by atoms with van der Waals surface area (Å²) in [6.45, 7) is 1.90. The van der Waals surface area contributed by atoms with Crippen molar-refractivity contribution in [2.45, 2.75) is 13.5 Å². The van der Waals surface area contributed by atoms with E-state index in [0.29, 0.717) is 33.7 Å². The molecule has 2 amide bonds. The third-order valence-electron chi connectivity index (χ3n) is 4.32. The first-order valence-corrected chi connectivity index (χ1v) is 11.1. The van der Waals surface area contributed by atoms with E-state index in [2.05, 4.69) is 20.7 Å². The maximum atomic E-state index is 13.1. The maximum Gasteiger partial charge on any atom is 0.343 e. The van der Waals surface area contributed by atoms with Crippen molar-refractivity contribution < 1.29 is 33.0 Å². The number of carbonyl (C=O) groups excluding carboxylic acids is 3. The van der Waals surface area contributed by atoms with Gasteiger partial charge in [-0.2, -0.15) is 0 Å². The van der Waals surface area contributed by atoms with Crippen molar-refractivity contribution in [3.8, 4) is 11.5 Å². The van der Waals surface area contributed by atoms with E-state index in [4.69, 9.17) is 9.47 Å². The number of methoxy groups -OCH3 is 1. The second-order valence-electron chi connectivity index (χ2n) is 6.52. The highest BCUT2D eigenvalue weighted by atomic mass is 79.9. The lowest BCUT2D eigenvalue weighted by Crippen LogP contribution is -2.27. The molecule has 3 rings (SSSR count). The fourth-order valence-electron chi connectivity index (χ4n) is 2.82. The van der Waals surface area contributed by atoms with Crippen LogP contribution in [-0.2, 0) is 20.9 Å². The number of hydrogen-bond acceptors (Lipinski definition) is 7. The number of halogens is 2. The molecule has 1 aliphatic heterocycles. The summed E-state index contributed by atoms with van der Waals surface area (Å²) in [7, 11) is 1.26. The Kier molecular flexibility index (Phi) is 7.92. The van der Waals surface area contributed by atoms with Gasteiger partial charge in [0.25, 0.3) is 11.1 Å². The number of imide groups is 1. The molecule has 1 heterocycles. The van der Waals surface area contributed by atoms with Crippen LogP contribution in [0, 0.1) is 5.82 Å². The number of rotatable bonds is 8. The zero-order valence-corrected chi connectivity index (χ0v) is 19.6. The minimum atomic E-state index is -0.543. The minimum Gasteiger partial charge on any atom is -0.490 e. The molecular weight excluding hydrogens is 505 g/mol. The Balaban J connectivity index is 1.83. The molecule has 0 spiro atoms. The van der Waals surface area contributed by atoms with E-state index in [1.165, 1.54) is 31.4 Å². The molecule has 0 radical (unpaired) electrons. The normalized spacial score (nSPS) is 14.8. The van der Waals surface area contributed by atoms with Gasteiger partial charge in [-0.05, 0) is 76.1 Å². The molecule has 0 N–H and O–H groups in total. The molecule has 32 heavy (non-hydrogen) atoms. The lowest BCUT2D eigenvalue weighted by molar-refractivity contribution is -0.143. The van der Waals surface area contributed by atoms with Crippen molar-refractivity contribution in [1.82, 2.24) is 4.90 Å². The molecule has 0 saturated carbocycles. The van der Waals surface area contributed by atoms with Gasteiger partial charge in [0.2, 0.25) is 0 Å². The van der Waals surface area contributed by atoms with Gasteiger partial charge in [0.05, 0.1) is 29.6 Å². The quantitative estimate of drug-likeness (QED) is 0.363. The van der Waals surface area contributed by atoms with Gasteiger partial charge in [-0.1, -0.05) is 12.1 Å². The highest BCUT2D eigenvalue weighted by Gasteiger charge is 2.35. The lowest BCUT2D eigenvalue weighted by atomic mass is 10.1. The molecule has 10 heteroatoms. The van der Waals surface area contributed by atoms with E-state index < -0.39 is 22.9 Å². The van der Waals surface area contributed by atoms with E-state index in [-0.39, 0.29) is 18.1 Å². The topological polar surface area (TPSA) is 82.1 Å². The number of hydrogen-bond donors (Lipinski definition) is 0. The molecule has 0 aromatic heterocycles. The van der Waals surface area contributed by atoms with E-state index in [9.17, 15) is 18.8 Å². The summed E-state index contributed by atoms with van der Waals surface area (Å²) in [5.41, 5.74) is 1.24. The number of esters is 1. The van der Waals surface area contributed by atoms with Crippen LogP contribution in [0.1, 0.15) is 18.1 Å². The number of carbonyl (C=O) groups is 3. The molecule has 1 saturated heterocycles. The van der Waals surface area contributed by atoms with E-state index >= 15 is 0 Å². The second kappa shape index (κ2) is 10.6. The largest absolute Gasteiger partial charge is 0.490 e. The number of amides is 2. The summed E-state index contributed by atoms with van der Waals surface area (Å²) in [5.74, 6) is -0.693. The monoisotopic (exact) mass is 523 g/mol. The fraction of sp³-hybridized carbons (Fsp3) is 0.227. The van der Waals surface area contributed by atoms with Gasteiger partial charge in [-0.3, -0.25) is 14.5 Å². The molecule has 0 bridgehead atoms. The third-order valence-corrected chi connectivity index (χ3v) is 5.82.